The van der Waals surface area contributed by atoms with Gasteiger partial charge in [-0.3, -0.25) is 4.98 Å². The first-order chi connectivity index (χ1) is 26.2. The zero-order valence-electron chi connectivity index (χ0n) is 28.9. The predicted molar refractivity (Wildman–Crippen MR) is 217 cm³/mol. The molecule has 7 aromatic carbocycles. The Labute approximate surface area is 305 Å². The van der Waals surface area contributed by atoms with Crippen LogP contribution in [0.1, 0.15) is 23.6 Å². The number of aromatic nitrogens is 2. The van der Waals surface area contributed by atoms with Crippen molar-refractivity contribution in [1.29, 1.82) is 0 Å². The summed E-state index contributed by atoms with van der Waals surface area (Å²) in [5, 5.41) is 4.61. The fourth-order valence-corrected chi connectivity index (χ4v) is 9.61. The molecule has 4 heteroatoms. The van der Waals surface area contributed by atoms with Crippen molar-refractivity contribution in [2.24, 2.45) is 0 Å². The summed E-state index contributed by atoms with van der Waals surface area (Å²) in [6.07, 6.45) is 3.92. The molecule has 12 rings (SSSR count). The van der Waals surface area contributed by atoms with E-state index in [1.54, 1.807) is 0 Å². The van der Waals surface area contributed by atoms with Gasteiger partial charge in [0.2, 0.25) is 0 Å². The molecule has 4 heterocycles. The standard InChI is InChI=1S/C49H31N3O/c1-49-39-17-7-5-13-34(39)36-16-10-19-44(48(36)49)52(32-22-24-46-37(28-32)35-14-6-8-20-45(35)53-46)42-23-21-30(27-40(42)49)33-15-9-18-43-47(33)38-29-50-26-25-41(38)51(43)31-11-3-2-4-12-31/h2-29H,1H3. The highest BCUT2D eigenvalue weighted by Gasteiger charge is 2.48. The van der Waals surface area contributed by atoms with E-state index < -0.39 is 0 Å². The molecule has 0 amide bonds. The number of hydrogen-bond donors (Lipinski definition) is 0. The van der Waals surface area contributed by atoms with Crippen LogP contribution in [-0.4, -0.2) is 9.55 Å². The number of hydrogen-bond acceptors (Lipinski definition) is 3. The lowest BCUT2D eigenvalue weighted by Crippen LogP contribution is -2.32. The summed E-state index contributed by atoms with van der Waals surface area (Å²) < 4.78 is 8.64. The van der Waals surface area contributed by atoms with Crippen LogP contribution in [0.15, 0.2) is 175 Å². The zero-order valence-corrected chi connectivity index (χ0v) is 28.9. The van der Waals surface area contributed by atoms with Crippen LogP contribution < -0.4 is 4.90 Å². The van der Waals surface area contributed by atoms with Crippen molar-refractivity contribution >= 4 is 60.8 Å². The molecule has 0 saturated heterocycles. The van der Waals surface area contributed by atoms with Crippen LogP contribution in [0.25, 0.3) is 71.7 Å². The summed E-state index contributed by atoms with van der Waals surface area (Å²) in [6, 6.07) is 57.3. The van der Waals surface area contributed by atoms with Gasteiger partial charge in [-0.25, -0.2) is 0 Å². The number of benzene rings is 7. The van der Waals surface area contributed by atoms with Gasteiger partial charge in [0.05, 0.1) is 22.4 Å². The molecule has 4 nitrogen and oxygen atoms in total. The monoisotopic (exact) mass is 677 g/mol. The minimum absolute atomic E-state index is 0.357. The number of anilines is 3. The van der Waals surface area contributed by atoms with Crippen molar-refractivity contribution in [3.63, 3.8) is 0 Å². The second kappa shape index (κ2) is 10.3. The molecular formula is C49H31N3O. The number of rotatable bonds is 3. The first-order valence-electron chi connectivity index (χ1n) is 18.2. The van der Waals surface area contributed by atoms with Crippen LogP contribution in [0.2, 0.25) is 0 Å². The highest BCUT2D eigenvalue weighted by molar-refractivity contribution is 6.16. The third kappa shape index (κ3) is 3.72. The van der Waals surface area contributed by atoms with E-state index in [1.165, 1.54) is 61.2 Å². The first-order valence-corrected chi connectivity index (χ1v) is 18.2. The van der Waals surface area contributed by atoms with Crippen LogP contribution in [-0.2, 0) is 5.41 Å². The Morgan fingerprint density at radius 3 is 2.26 bits per heavy atom. The van der Waals surface area contributed by atoms with Gasteiger partial charge in [-0.1, -0.05) is 91.0 Å². The molecule has 3 aromatic heterocycles. The first kappa shape index (κ1) is 28.8. The molecule has 10 aromatic rings. The summed E-state index contributed by atoms with van der Waals surface area (Å²) in [5.41, 5.74) is 17.4. The fourth-order valence-electron chi connectivity index (χ4n) is 9.61. The van der Waals surface area contributed by atoms with E-state index >= 15 is 0 Å². The Kier molecular flexibility index (Phi) is 5.61. The third-order valence-electron chi connectivity index (χ3n) is 11.9. The highest BCUT2D eigenvalue weighted by Crippen LogP contribution is 2.62. The van der Waals surface area contributed by atoms with Crippen molar-refractivity contribution in [2.75, 3.05) is 4.90 Å². The van der Waals surface area contributed by atoms with Crippen molar-refractivity contribution in [2.45, 2.75) is 12.3 Å². The smallest absolute Gasteiger partial charge is 0.135 e. The Bertz CT molecular complexity index is 3150. The molecule has 1 atom stereocenters. The van der Waals surface area contributed by atoms with Crippen molar-refractivity contribution in [3.8, 4) is 27.9 Å². The van der Waals surface area contributed by atoms with E-state index in [2.05, 4.69) is 167 Å². The lowest BCUT2D eigenvalue weighted by molar-refractivity contribution is 0.669. The number of para-hydroxylation sites is 2. The topological polar surface area (TPSA) is 34.2 Å². The van der Waals surface area contributed by atoms with Gasteiger partial charge in [0.1, 0.15) is 11.2 Å². The highest BCUT2D eigenvalue weighted by atomic mass is 16.3. The predicted octanol–water partition coefficient (Wildman–Crippen LogP) is 12.9. The van der Waals surface area contributed by atoms with Crippen LogP contribution in [0.4, 0.5) is 17.1 Å². The largest absolute Gasteiger partial charge is 0.456 e. The van der Waals surface area contributed by atoms with Gasteiger partial charge in [-0.05, 0) is 113 Å². The van der Waals surface area contributed by atoms with Gasteiger partial charge >= 0.3 is 0 Å². The second-order valence-corrected chi connectivity index (χ2v) is 14.5. The molecule has 2 aliphatic rings. The van der Waals surface area contributed by atoms with Gasteiger partial charge in [0, 0.05) is 50.7 Å². The van der Waals surface area contributed by atoms with Crippen LogP contribution >= 0.6 is 0 Å². The maximum atomic E-state index is 6.27. The third-order valence-corrected chi connectivity index (χ3v) is 11.9. The molecule has 1 aliphatic heterocycles. The molecule has 0 fully saturated rings. The molecule has 0 radical (unpaired) electrons. The Balaban J connectivity index is 1.15. The van der Waals surface area contributed by atoms with E-state index in [9.17, 15) is 0 Å². The van der Waals surface area contributed by atoms with E-state index in [-0.39, 0.29) is 5.41 Å². The number of pyridine rings is 1. The lowest BCUT2D eigenvalue weighted by Gasteiger charge is -2.42. The van der Waals surface area contributed by atoms with Gasteiger partial charge in [0.25, 0.3) is 0 Å². The Hall–Kier alpha value is -6.91. The van der Waals surface area contributed by atoms with Gasteiger partial charge in [0.15, 0.2) is 0 Å². The molecule has 0 spiro atoms. The number of furan rings is 1. The van der Waals surface area contributed by atoms with Crippen molar-refractivity contribution < 1.29 is 4.42 Å². The molecule has 248 valence electrons. The van der Waals surface area contributed by atoms with Crippen molar-refractivity contribution in [1.82, 2.24) is 9.55 Å². The van der Waals surface area contributed by atoms with Crippen LogP contribution in [0.5, 0.6) is 0 Å². The summed E-state index contributed by atoms with van der Waals surface area (Å²) in [6.45, 7) is 2.43. The van der Waals surface area contributed by atoms with E-state index in [1.807, 2.05) is 24.5 Å². The lowest BCUT2D eigenvalue weighted by atomic mass is 9.70. The van der Waals surface area contributed by atoms with E-state index in [4.69, 9.17) is 4.42 Å². The van der Waals surface area contributed by atoms with Crippen molar-refractivity contribution in [3.05, 3.63) is 187 Å². The SMILES string of the molecule is CC12c3ccccc3-c3cccc(c31)N(c1ccc3oc4ccccc4c3c1)c1ccc(-c3cccc4c3c3cnccc3n4-c3ccccc3)cc12. The number of fused-ring (bicyclic) bond motifs is 11. The summed E-state index contributed by atoms with van der Waals surface area (Å²) >= 11 is 0. The van der Waals surface area contributed by atoms with Crippen LogP contribution in [0.3, 0.4) is 0 Å². The Morgan fingerprint density at radius 1 is 0.528 bits per heavy atom. The average Bonchev–Trinajstić information content (AvgIpc) is 3.85. The van der Waals surface area contributed by atoms with E-state index in [0.717, 1.165) is 44.2 Å². The minimum Gasteiger partial charge on any atom is -0.456 e. The normalized spacial score (nSPS) is 15.7. The van der Waals surface area contributed by atoms with Gasteiger partial charge in [-0.15, -0.1) is 0 Å². The molecular weight excluding hydrogens is 647 g/mol. The summed E-state index contributed by atoms with van der Waals surface area (Å²) in [7, 11) is 0. The maximum absolute atomic E-state index is 6.27. The zero-order chi connectivity index (χ0) is 34.8. The van der Waals surface area contributed by atoms with E-state index in [0.29, 0.717) is 0 Å². The maximum Gasteiger partial charge on any atom is 0.135 e. The summed E-state index contributed by atoms with van der Waals surface area (Å²) in [5.74, 6) is 0. The summed E-state index contributed by atoms with van der Waals surface area (Å²) in [4.78, 5) is 7.09. The van der Waals surface area contributed by atoms with Gasteiger partial charge in [-0.2, -0.15) is 0 Å². The average molecular weight is 678 g/mol. The molecule has 0 N–H and O–H groups in total. The minimum atomic E-state index is -0.357. The Morgan fingerprint density at radius 2 is 1.32 bits per heavy atom. The second-order valence-electron chi connectivity index (χ2n) is 14.5. The molecule has 0 bridgehead atoms. The molecule has 1 unspecified atom stereocenters. The van der Waals surface area contributed by atoms with Gasteiger partial charge < -0.3 is 13.9 Å². The molecule has 53 heavy (non-hydrogen) atoms. The number of nitrogens with zero attached hydrogens (tertiary/aromatic N) is 3. The molecule has 1 aliphatic carbocycles. The molecule has 0 saturated carbocycles. The fraction of sp³-hybridized carbons (Fsp3) is 0.0408. The van der Waals surface area contributed by atoms with Crippen LogP contribution in [0, 0.1) is 0 Å². The quantitative estimate of drug-likeness (QED) is 0.187.